The zero-order chi connectivity index (χ0) is 19.2. The number of nitrogens with zero attached hydrogens (tertiary/aromatic N) is 2. The van der Waals surface area contributed by atoms with Crippen LogP contribution in [0.15, 0.2) is 60.8 Å². The number of carbonyl (C=O) groups is 1. The minimum Gasteiger partial charge on any atom is -0.478 e. The topological polar surface area (TPSA) is 63.8 Å². The van der Waals surface area contributed by atoms with Crippen LogP contribution in [-0.2, 0) is 0 Å². The van der Waals surface area contributed by atoms with Gasteiger partial charge in [-0.1, -0.05) is 0 Å². The van der Waals surface area contributed by atoms with Crippen LogP contribution in [0, 0.1) is 0 Å². The van der Waals surface area contributed by atoms with E-state index in [1.807, 2.05) is 22.7 Å². The summed E-state index contributed by atoms with van der Waals surface area (Å²) in [5, 5.41) is 9.19. The maximum Gasteiger partial charge on any atom is 0.573 e. The summed E-state index contributed by atoms with van der Waals surface area (Å²) in [5.74, 6) is -1.40. The van der Waals surface area contributed by atoms with E-state index < -0.39 is 12.3 Å². The van der Waals surface area contributed by atoms with Crippen molar-refractivity contribution < 1.29 is 27.8 Å². The number of carboxylic acids is 1. The first-order valence-electron chi connectivity index (χ1n) is 7.82. The molecule has 136 valence electrons. The summed E-state index contributed by atoms with van der Waals surface area (Å²) in [6.45, 7) is 0. The number of carboxylic acid groups (broad SMARTS) is 1. The second-order valence-electron chi connectivity index (χ2n) is 5.80. The van der Waals surface area contributed by atoms with Gasteiger partial charge in [-0.25, -0.2) is 9.78 Å². The third kappa shape index (κ3) is 3.17. The van der Waals surface area contributed by atoms with Crippen LogP contribution in [-0.4, -0.2) is 26.8 Å². The normalized spacial score (nSPS) is 11.8. The number of hydrogen-bond acceptors (Lipinski definition) is 3. The number of fused-ring (bicyclic) bond motifs is 3. The summed E-state index contributed by atoms with van der Waals surface area (Å²) in [5.41, 5.74) is 3.13. The van der Waals surface area contributed by atoms with Gasteiger partial charge >= 0.3 is 12.3 Å². The monoisotopic (exact) mass is 372 g/mol. The molecule has 2 aromatic heterocycles. The predicted octanol–water partition coefficient (Wildman–Crippen LogP) is 4.75. The second kappa shape index (κ2) is 6.01. The van der Waals surface area contributed by atoms with Crippen molar-refractivity contribution in [1.29, 1.82) is 0 Å². The Labute approximate surface area is 150 Å². The standard InChI is InChI=1S/C19H11F3N2O3/c20-19(21,22)27-13-6-3-11(4-7-13)17-16-2-1-9-24(16)15-8-5-12(18(25)26)10-14(15)23-17/h1-10H,(H,25,26). The summed E-state index contributed by atoms with van der Waals surface area (Å²) in [7, 11) is 0. The molecular weight excluding hydrogens is 361 g/mol. The summed E-state index contributed by atoms with van der Waals surface area (Å²) >= 11 is 0. The molecule has 0 aliphatic carbocycles. The van der Waals surface area contributed by atoms with Crippen molar-refractivity contribution in [2.24, 2.45) is 0 Å². The van der Waals surface area contributed by atoms with E-state index >= 15 is 0 Å². The molecule has 27 heavy (non-hydrogen) atoms. The molecular formula is C19H11F3N2O3. The Kier molecular flexibility index (Phi) is 3.76. The average Bonchev–Trinajstić information content (AvgIpc) is 3.10. The quantitative estimate of drug-likeness (QED) is 0.564. The summed E-state index contributed by atoms with van der Waals surface area (Å²) in [4.78, 5) is 15.8. The van der Waals surface area contributed by atoms with Gasteiger partial charge in [0.25, 0.3) is 0 Å². The summed E-state index contributed by atoms with van der Waals surface area (Å²) in [6, 6.07) is 13.6. The van der Waals surface area contributed by atoms with Crippen molar-refractivity contribution >= 4 is 22.5 Å². The molecule has 0 fully saturated rings. The van der Waals surface area contributed by atoms with Crippen LogP contribution < -0.4 is 4.74 Å². The average molecular weight is 372 g/mol. The molecule has 0 spiro atoms. The van der Waals surface area contributed by atoms with Crippen molar-refractivity contribution in [3.8, 4) is 17.0 Å². The number of halogens is 3. The van der Waals surface area contributed by atoms with E-state index in [1.165, 1.54) is 36.4 Å². The molecule has 0 saturated carbocycles. The molecule has 0 amide bonds. The summed E-state index contributed by atoms with van der Waals surface area (Å²) < 4.78 is 42.7. The summed E-state index contributed by atoms with van der Waals surface area (Å²) in [6.07, 6.45) is -2.95. The zero-order valence-electron chi connectivity index (χ0n) is 13.6. The molecule has 0 saturated heterocycles. The van der Waals surface area contributed by atoms with Gasteiger partial charge in [0.1, 0.15) is 5.75 Å². The van der Waals surface area contributed by atoms with Crippen molar-refractivity contribution in [2.45, 2.75) is 6.36 Å². The second-order valence-corrected chi connectivity index (χ2v) is 5.80. The highest BCUT2D eigenvalue weighted by Gasteiger charge is 2.31. The lowest BCUT2D eigenvalue weighted by Crippen LogP contribution is -2.16. The van der Waals surface area contributed by atoms with Crippen LogP contribution in [0.25, 0.3) is 27.8 Å². The molecule has 2 heterocycles. The molecule has 0 bridgehead atoms. The largest absolute Gasteiger partial charge is 0.573 e. The van der Waals surface area contributed by atoms with Crippen molar-refractivity contribution in [3.63, 3.8) is 0 Å². The Balaban J connectivity index is 1.87. The number of hydrogen-bond donors (Lipinski definition) is 1. The number of aromatic carboxylic acids is 1. The van der Waals surface area contributed by atoms with Crippen LogP contribution in [0.1, 0.15) is 10.4 Å². The first-order valence-corrected chi connectivity index (χ1v) is 7.82. The fourth-order valence-corrected chi connectivity index (χ4v) is 2.94. The van der Waals surface area contributed by atoms with E-state index in [2.05, 4.69) is 9.72 Å². The zero-order valence-corrected chi connectivity index (χ0v) is 13.6. The van der Waals surface area contributed by atoms with Gasteiger partial charge in [0, 0.05) is 11.8 Å². The number of aromatic nitrogens is 2. The highest BCUT2D eigenvalue weighted by atomic mass is 19.4. The molecule has 0 aliphatic rings. The van der Waals surface area contributed by atoms with E-state index in [9.17, 15) is 23.1 Å². The van der Waals surface area contributed by atoms with Gasteiger partial charge in [-0.15, -0.1) is 13.2 Å². The lowest BCUT2D eigenvalue weighted by Gasteiger charge is -2.11. The minimum atomic E-state index is -4.76. The fraction of sp³-hybridized carbons (Fsp3) is 0.0526. The lowest BCUT2D eigenvalue weighted by atomic mass is 10.1. The van der Waals surface area contributed by atoms with Crippen molar-refractivity contribution in [1.82, 2.24) is 9.38 Å². The van der Waals surface area contributed by atoms with E-state index in [4.69, 9.17) is 0 Å². The number of rotatable bonds is 3. The Morgan fingerprint density at radius 2 is 1.78 bits per heavy atom. The van der Waals surface area contributed by atoms with E-state index in [-0.39, 0.29) is 11.3 Å². The highest BCUT2D eigenvalue weighted by molar-refractivity contribution is 5.94. The van der Waals surface area contributed by atoms with E-state index in [0.717, 1.165) is 11.0 Å². The lowest BCUT2D eigenvalue weighted by molar-refractivity contribution is -0.274. The molecule has 1 N–H and O–H groups in total. The maximum atomic E-state index is 12.3. The van der Waals surface area contributed by atoms with Gasteiger partial charge in [-0.2, -0.15) is 0 Å². The van der Waals surface area contributed by atoms with Gasteiger partial charge in [-0.3, -0.25) is 0 Å². The molecule has 4 rings (SSSR count). The minimum absolute atomic E-state index is 0.0985. The van der Waals surface area contributed by atoms with Gasteiger partial charge in [-0.05, 0) is 54.6 Å². The van der Waals surface area contributed by atoms with Crippen LogP contribution in [0.3, 0.4) is 0 Å². The first kappa shape index (κ1) is 16.9. The number of benzene rings is 2. The molecule has 0 aliphatic heterocycles. The van der Waals surface area contributed by atoms with Crippen LogP contribution in [0.2, 0.25) is 0 Å². The van der Waals surface area contributed by atoms with E-state index in [1.54, 1.807) is 6.07 Å². The molecule has 0 unspecified atom stereocenters. The first-order chi connectivity index (χ1) is 12.8. The predicted molar refractivity (Wildman–Crippen MR) is 91.8 cm³/mol. The maximum absolute atomic E-state index is 12.3. The third-order valence-corrected chi connectivity index (χ3v) is 4.07. The van der Waals surface area contributed by atoms with Crippen LogP contribution >= 0.6 is 0 Å². The molecule has 5 nitrogen and oxygen atoms in total. The van der Waals surface area contributed by atoms with Crippen molar-refractivity contribution in [3.05, 3.63) is 66.4 Å². The van der Waals surface area contributed by atoms with Crippen LogP contribution in [0.4, 0.5) is 13.2 Å². The Morgan fingerprint density at radius 1 is 1.04 bits per heavy atom. The van der Waals surface area contributed by atoms with Crippen molar-refractivity contribution in [2.75, 3.05) is 0 Å². The SMILES string of the molecule is O=C(O)c1ccc2c(c1)nc(-c1ccc(OC(F)(F)F)cc1)c1cccn12. The van der Waals surface area contributed by atoms with Crippen LogP contribution in [0.5, 0.6) is 5.75 Å². The fourth-order valence-electron chi connectivity index (χ4n) is 2.94. The molecule has 4 aromatic rings. The van der Waals surface area contributed by atoms with Gasteiger partial charge < -0.3 is 14.2 Å². The molecule has 0 atom stereocenters. The van der Waals surface area contributed by atoms with E-state index in [0.29, 0.717) is 16.8 Å². The highest BCUT2D eigenvalue weighted by Crippen LogP contribution is 2.30. The van der Waals surface area contributed by atoms with Gasteiger partial charge in [0.2, 0.25) is 0 Å². The van der Waals surface area contributed by atoms with Gasteiger partial charge in [0.05, 0.1) is 27.8 Å². The molecule has 0 radical (unpaired) electrons. The number of ether oxygens (including phenoxy) is 1. The molecule has 8 heteroatoms. The third-order valence-electron chi connectivity index (χ3n) is 4.07. The Hall–Kier alpha value is -3.55. The Bertz CT molecular complexity index is 1160. The number of alkyl halides is 3. The smallest absolute Gasteiger partial charge is 0.478 e. The molecule has 2 aromatic carbocycles. The van der Waals surface area contributed by atoms with Gasteiger partial charge in [0.15, 0.2) is 0 Å². The Morgan fingerprint density at radius 3 is 2.44 bits per heavy atom.